The highest BCUT2D eigenvalue weighted by Gasteiger charge is 2.31. The van der Waals surface area contributed by atoms with Crippen LogP contribution in [0.25, 0.3) is 0 Å². The number of anilines is 1. The van der Waals surface area contributed by atoms with Gasteiger partial charge in [-0.1, -0.05) is 0 Å². The molecule has 0 fully saturated rings. The summed E-state index contributed by atoms with van der Waals surface area (Å²) in [5, 5.41) is 27.5. The van der Waals surface area contributed by atoms with E-state index in [2.05, 4.69) is 10.4 Å². The Hall–Kier alpha value is -3.44. The summed E-state index contributed by atoms with van der Waals surface area (Å²) in [6.07, 6.45) is -3.16. The Morgan fingerprint density at radius 1 is 1.27 bits per heavy atom. The van der Waals surface area contributed by atoms with Gasteiger partial charge in [0.15, 0.2) is 0 Å². The van der Waals surface area contributed by atoms with Crippen molar-refractivity contribution in [2.45, 2.75) is 26.8 Å². The second kappa shape index (κ2) is 7.21. The Labute approximate surface area is 144 Å². The average molecular weight is 369 g/mol. The molecule has 26 heavy (non-hydrogen) atoms. The highest BCUT2D eigenvalue weighted by Crippen LogP contribution is 2.30. The fourth-order valence-corrected chi connectivity index (χ4v) is 2.31. The smallest absolute Gasteiger partial charge is 0.319 e. The molecule has 1 aromatic carbocycles. The lowest BCUT2D eigenvalue weighted by Gasteiger charge is -2.09. The van der Waals surface area contributed by atoms with Crippen molar-refractivity contribution < 1.29 is 23.4 Å². The monoisotopic (exact) mass is 369 g/mol. The molecule has 0 radical (unpaired) electrons. The van der Waals surface area contributed by atoms with E-state index in [4.69, 9.17) is 0 Å². The summed E-state index contributed by atoms with van der Waals surface area (Å²) < 4.78 is 26.6. The van der Waals surface area contributed by atoms with Gasteiger partial charge in [-0.2, -0.15) is 5.10 Å². The van der Waals surface area contributed by atoms with E-state index < -0.39 is 40.1 Å². The molecule has 10 nitrogen and oxygen atoms in total. The number of carbonyl (C=O) groups excluding carboxylic acids is 1. The standard InChI is InChI=1S/C14H13F2N5O5/c1-7-5-9(20(23)24)3-4-10(7)17-11(22)6-19-8(2)13(21(25)26)12(18-19)14(15)16/h3-5,14H,6H2,1-2H3,(H,17,22). The molecular weight excluding hydrogens is 356 g/mol. The van der Waals surface area contributed by atoms with Gasteiger partial charge in [0.05, 0.1) is 9.85 Å². The molecular formula is C14H13F2N5O5. The number of rotatable bonds is 6. The summed E-state index contributed by atoms with van der Waals surface area (Å²) in [5.74, 6) is -0.678. The third-order valence-electron chi connectivity index (χ3n) is 3.58. The number of nitro groups is 2. The normalized spacial score (nSPS) is 10.8. The third kappa shape index (κ3) is 3.79. The Kier molecular flexibility index (Phi) is 5.24. The Morgan fingerprint density at radius 3 is 2.38 bits per heavy atom. The van der Waals surface area contributed by atoms with Gasteiger partial charge in [-0.25, -0.2) is 8.78 Å². The van der Waals surface area contributed by atoms with E-state index in [1.807, 2.05) is 0 Å². The van der Waals surface area contributed by atoms with Crippen LogP contribution in [0.1, 0.15) is 23.4 Å². The molecule has 138 valence electrons. The molecule has 0 aliphatic heterocycles. The largest absolute Gasteiger partial charge is 0.324 e. The SMILES string of the molecule is Cc1cc([N+](=O)[O-])ccc1NC(=O)Cn1nc(C(F)F)c([N+](=O)[O-])c1C. The molecule has 0 saturated heterocycles. The zero-order chi connectivity index (χ0) is 19.6. The lowest BCUT2D eigenvalue weighted by Crippen LogP contribution is -2.21. The van der Waals surface area contributed by atoms with Crippen LogP contribution in [0, 0.1) is 34.1 Å². The van der Waals surface area contributed by atoms with Crippen LogP contribution in [0.15, 0.2) is 18.2 Å². The zero-order valence-electron chi connectivity index (χ0n) is 13.6. The van der Waals surface area contributed by atoms with Gasteiger partial charge in [-0.3, -0.25) is 29.7 Å². The summed E-state index contributed by atoms with van der Waals surface area (Å²) >= 11 is 0. The number of nitrogens with one attached hydrogen (secondary N) is 1. The van der Waals surface area contributed by atoms with Crippen LogP contribution in [0.2, 0.25) is 0 Å². The molecule has 0 aliphatic rings. The first-order valence-corrected chi connectivity index (χ1v) is 7.16. The van der Waals surface area contributed by atoms with Crippen LogP contribution < -0.4 is 5.32 Å². The number of hydrogen-bond acceptors (Lipinski definition) is 6. The lowest BCUT2D eigenvalue weighted by atomic mass is 10.2. The number of nitro benzene ring substituents is 1. The van der Waals surface area contributed by atoms with E-state index in [1.165, 1.54) is 25.1 Å². The van der Waals surface area contributed by atoms with Gasteiger partial charge in [0.1, 0.15) is 12.2 Å². The molecule has 2 aromatic rings. The number of amides is 1. The zero-order valence-corrected chi connectivity index (χ0v) is 13.6. The van der Waals surface area contributed by atoms with E-state index in [0.717, 1.165) is 4.68 Å². The topological polar surface area (TPSA) is 133 Å². The fraction of sp³-hybridized carbons (Fsp3) is 0.286. The van der Waals surface area contributed by atoms with E-state index in [1.54, 1.807) is 6.92 Å². The van der Waals surface area contributed by atoms with Gasteiger partial charge in [-0.15, -0.1) is 0 Å². The van der Waals surface area contributed by atoms with Crippen molar-refractivity contribution in [3.05, 3.63) is 55.4 Å². The molecule has 2 rings (SSSR count). The highest BCUT2D eigenvalue weighted by atomic mass is 19.3. The van der Waals surface area contributed by atoms with Crippen molar-refractivity contribution in [1.29, 1.82) is 0 Å². The number of aromatic nitrogens is 2. The minimum atomic E-state index is -3.16. The number of aryl methyl sites for hydroxylation is 1. The second-order valence-electron chi connectivity index (χ2n) is 5.34. The van der Waals surface area contributed by atoms with Crippen molar-refractivity contribution in [3.8, 4) is 0 Å². The van der Waals surface area contributed by atoms with E-state index in [-0.39, 0.29) is 17.1 Å². The van der Waals surface area contributed by atoms with Gasteiger partial charge in [0, 0.05) is 17.8 Å². The number of alkyl halides is 2. The first-order chi connectivity index (χ1) is 12.1. The van der Waals surface area contributed by atoms with Crippen LogP contribution in [0.4, 0.5) is 25.8 Å². The summed E-state index contributed by atoms with van der Waals surface area (Å²) in [6, 6.07) is 3.78. The summed E-state index contributed by atoms with van der Waals surface area (Å²) in [6.45, 7) is 2.22. The lowest BCUT2D eigenvalue weighted by molar-refractivity contribution is -0.386. The number of halogens is 2. The van der Waals surface area contributed by atoms with E-state index >= 15 is 0 Å². The van der Waals surface area contributed by atoms with E-state index in [0.29, 0.717) is 5.56 Å². The maximum Gasteiger partial charge on any atom is 0.319 e. The van der Waals surface area contributed by atoms with Crippen molar-refractivity contribution in [1.82, 2.24) is 9.78 Å². The van der Waals surface area contributed by atoms with Crippen molar-refractivity contribution in [3.63, 3.8) is 0 Å². The molecule has 0 saturated carbocycles. The molecule has 0 atom stereocenters. The van der Waals surface area contributed by atoms with E-state index in [9.17, 15) is 33.8 Å². The van der Waals surface area contributed by atoms with Gasteiger partial charge >= 0.3 is 5.69 Å². The Balaban J connectivity index is 2.22. The fourth-order valence-electron chi connectivity index (χ4n) is 2.31. The van der Waals surface area contributed by atoms with Crippen LogP contribution in [-0.4, -0.2) is 25.5 Å². The van der Waals surface area contributed by atoms with Crippen molar-refractivity contribution in [2.24, 2.45) is 0 Å². The van der Waals surface area contributed by atoms with Crippen LogP contribution in [0.5, 0.6) is 0 Å². The number of carbonyl (C=O) groups is 1. The van der Waals surface area contributed by atoms with Crippen molar-refractivity contribution >= 4 is 23.0 Å². The van der Waals surface area contributed by atoms with Crippen LogP contribution in [0.3, 0.4) is 0 Å². The molecule has 12 heteroatoms. The average Bonchev–Trinajstić information content (AvgIpc) is 2.86. The molecule has 1 aromatic heterocycles. The Morgan fingerprint density at radius 2 is 1.92 bits per heavy atom. The predicted molar refractivity (Wildman–Crippen MR) is 85.0 cm³/mol. The van der Waals surface area contributed by atoms with Gasteiger partial charge in [0.25, 0.3) is 12.1 Å². The molecule has 0 unspecified atom stereocenters. The van der Waals surface area contributed by atoms with Gasteiger partial charge in [0.2, 0.25) is 11.6 Å². The second-order valence-corrected chi connectivity index (χ2v) is 5.34. The summed E-state index contributed by atoms with van der Waals surface area (Å²) in [4.78, 5) is 32.2. The van der Waals surface area contributed by atoms with Gasteiger partial charge in [-0.05, 0) is 25.5 Å². The molecule has 1 heterocycles. The quantitative estimate of drug-likeness (QED) is 0.615. The maximum absolute atomic E-state index is 12.9. The number of nitrogens with zero attached hydrogens (tertiary/aromatic N) is 4. The van der Waals surface area contributed by atoms with Gasteiger partial charge < -0.3 is 5.32 Å². The number of benzene rings is 1. The number of hydrogen-bond donors (Lipinski definition) is 1. The molecule has 0 spiro atoms. The molecule has 0 aliphatic carbocycles. The van der Waals surface area contributed by atoms with Crippen molar-refractivity contribution in [2.75, 3.05) is 5.32 Å². The minimum Gasteiger partial charge on any atom is -0.324 e. The minimum absolute atomic E-state index is 0.152. The molecule has 1 amide bonds. The first kappa shape index (κ1) is 18.9. The molecule has 0 bridgehead atoms. The maximum atomic E-state index is 12.9. The highest BCUT2D eigenvalue weighted by molar-refractivity contribution is 5.91. The Bertz CT molecular complexity index is 896. The number of non-ortho nitro benzene ring substituents is 1. The van der Waals surface area contributed by atoms with Crippen LogP contribution in [-0.2, 0) is 11.3 Å². The third-order valence-corrected chi connectivity index (χ3v) is 3.58. The summed E-state index contributed by atoms with van der Waals surface area (Å²) in [7, 11) is 0. The molecule has 1 N–H and O–H groups in total. The summed E-state index contributed by atoms with van der Waals surface area (Å²) in [5.41, 5.74) is -1.47. The first-order valence-electron chi connectivity index (χ1n) is 7.16. The van der Waals surface area contributed by atoms with Crippen LogP contribution >= 0.6 is 0 Å². The predicted octanol–water partition coefficient (Wildman–Crippen LogP) is 2.89.